The lowest BCUT2D eigenvalue weighted by molar-refractivity contribution is -0.384. The van der Waals surface area contributed by atoms with Crippen LogP contribution in [-0.2, 0) is 9.53 Å². The molecule has 0 N–H and O–H groups in total. The maximum Gasteiger partial charge on any atom is 0.270 e. The van der Waals surface area contributed by atoms with Crippen molar-refractivity contribution in [1.82, 2.24) is 0 Å². The van der Waals surface area contributed by atoms with Gasteiger partial charge in [-0.25, -0.2) is 4.99 Å². The number of nitro groups is 1. The first-order valence-corrected chi connectivity index (χ1v) is 6.72. The Morgan fingerprint density at radius 3 is 2.73 bits per heavy atom. The molecular formula is C15H9ClN2O4. The van der Waals surface area contributed by atoms with Gasteiger partial charge in [0, 0.05) is 17.7 Å². The lowest BCUT2D eigenvalue weighted by Gasteiger charge is -2.22. The smallest absolute Gasteiger partial charge is 0.270 e. The Labute approximate surface area is 130 Å². The SMILES string of the molecule is O=CC1OC(c2ccc([N+](=O)[O-])cc2Cl)=Nc2ccccc21. The Balaban J connectivity index is 2.08. The highest BCUT2D eigenvalue weighted by Crippen LogP contribution is 2.34. The van der Waals surface area contributed by atoms with Crippen LogP contribution < -0.4 is 0 Å². The number of para-hydroxylation sites is 1. The summed E-state index contributed by atoms with van der Waals surface area (Å²) in [4.78, 5) is 25.8. The van der Waals surface area contributed by atoms with E-state index in [1.165, 1.54) is 18.2 Å². The van der Waals surface area contributed by atoms with E-state index in [4.69, 9.17) is 16.3 Å². The van der Waals surface area contributed by atoms with Crippen LogP contribution in [0.5, 0.6) is 0 Å². The number of halogens is 1. The molecule has 0 spiro atoms. The van der Waals surface area contributed by atoms with Crippen molar-refractivity contribution in [3.05, 3.63) is 68.7 Å². The summed E-state index contributed by atoms with van der Waals surface area (Å²) in [6, 6.07) is 11.1. The van der Waals surface area contributed by atoms with Gasteiger partial charge in [0.05, 0.1) is 21.2 Å². The number of fused-ring (bicyclic) bond motifs is 1. The number of aliphatic imine (C=N–C) groups is 1. The van der Waals surface area contributed by atoms with Gasteiger partial charge >= 0.3 is 0 Å². The highest BCUT2D eigenvalue weighted by atomic mass is 35.5. The first-order valence-electron chi connectivity index (χ1n) is 6.34. The average molecular weight is 317 g/mol. The summed E-state index contributed by atoms with van der Waals surface area (Å²) >= 11 is 6.07. The molecule has 0 saturated heterocycles. The van der Waals surface area contributed by atoms with Crippen LogP contribution in [0.3, 0.4) is 0 Å². The van der Waals surface area contributed by atoms with Crippen LogP contribution in [0.4, 0.5) is 11.4 Å². The van der Waals surface area contributed by atoms with Gasteiger partial charge in [0.1, 0.15) is 0 Å². The molecule has 0 amide bonds. The monoisotopic (exact) mass is 316 g/mol. The van der Waals surface area contributed by atoms with Crippen molar-refractivity contribution in [3.63, 3.8) is 0 Å². The molecule has 22 heavy (non-hydrogen) atoms. The molecule has 2 aromatic carbocycles. The fourth-order valence-corrected chi connectivity index (χ4v) is 2.42. The first kappa shape index (κ1) is 14.2. The van der Waals surface area contributed by atoms with E-state index in [1.54, 1.807) is 24.3 Å². The van der Waals surface area contributed by atoms with E-state index in [9.17, 15) is 14.9 Å². The molecule has 3 rings (SSSR count). The third-order valence-corrected chi connectivity index (χ3v) is 3.53. The molecule has 1 unspecified atom stereocenters. The second-order valence-electron chi connectivity index (χ2n) is 4.57. The number of aldehydes is 1. The number of rotatable bonds is 3. The standard InChI is InChI=1S/C15H9ClN2O4/c16-12-7-9(18(20)21)5-6-10(12)15-17-13-4-2-1-3-11(13)14(8-19)22-15/h1-8,14H. The van der Waals surface area contributed by atoms with Gasteiger partial charge in [0.15, 0.2) is 12.4 Å². The molecule has 1 heterocycles. The van der Waals surface area contributed by atoms with Crippen LogP contribution in [0, 0.1) is 10.1 Å². The van der Waals surface area contributed by atoms with Gasteiger partial charge in [-0.2, -0.15) is 0 Å². The minimum absolute atomic E-state index is 0.127. The average Bonchev–Trinajstić information content (AvgIpc) is 2.53. The quantitative estimate of drug-likeness (QED) is 0.492. The predicted molar refractivity (Wildman–Crippen MR) is 80.6 cm³/mol. The van der Waals surface area contributed by atoms with E-state index < -0.39 is 11.0 Å². The van der Waals surface area contributed by atoms with Gasteiger partial charge in [-0.05, 0) is 12.1 Å². The number of nitrogens with zero attached hydrogens (tertiary/aromatic N) is 2. The van der Waals surface area contributed by atoms with Crippen molar-refractivity contribution in [1.29, 1.82) is 0 Å². The van der Waals surface area contributed by atoms with Crippen LogP contribution in [0.1, 0.15) is 17.2 Å². The molecule has 7 heteroatoms. The summed E-state index contributed by atoms with van der Waals surface area (Å²) in [6.45, 7) is 0. The third-order valence-electron chi connectivity index (χ3n) is 3.22. The molecule has 0 radical (unpaired) electrons. The second-order valence-corrected chi connectivity index (χ2v) is 4.98. The van der Waals surface area contributed by atoms with E-state index >= 15 is 0 Å². The van der Waals surface area contributed by atoms with Crippen molar-refractivity contribution >= 4 is 35.2 Å². The molecule has 2 aromatic rings. The lowest BCUT2D eigenvalue weighted by Crippen LogP contribution is -2.18. The Hall–Kier alpha value is -2.73. The maximum absolute atomic E-state index is 11.2. The van der Waals surface area contributed by atoms with Gasteiger partial charge in [0.25, 0.3) is 5.69 Å². The van der Waals surface area contributed by atoms with E-state index in [0.29, 0.717) is 23.1 Å². The van der Waals surface area contributed by atoms with Crippen molar-refractivity contribution in [2.75, 3.05) is 0 Å². The van der Waals surface area contributed by atoms with E-state index in [1.807, 2.05) is 0 Å². The molecule has 110 valence electrons. The summed E-state index contributed by atoms with van der Waals surface area (Å²) in [5.74, 6) is 0.163. The summed E-state index contributed by atoms with van der Waals surface area (Å²) < 4.78 is 5.56. The number of ether oxygens (including phenoxy) is 1. The number of carbonyl (C=O) groups is 1. The van der Waals surface area contributed by atoms with E-state index in [2.05, 4.69) is 4.99 Å². The van der Waals surface area contributed by atoms with Gasteiger partial charge in [0.2, 0.25) is 5.90 Å². The van der Waals surface area contributed by atoms with E-state index in [-0.39, 0.29) is 16.6 Å². The number of benzene rings is 2. The number of carbonyl (C=O) groups excluding carboxylic acids is 1. The van der Waals surface area contributed by atoms with Gasteiger partial charge in [-0.15, -0.1) is 0 Å². The number of nitro benzene ring substituents is 1. The minimum atomic E-state index is -0.782. The Morgan fingerprint density at radius 1 is 1.27 bits per heavy atom. The van der Waals surface area contributed by atoms with Crippen molar-refractivity contribution < 1.29 is 14.5 Å². The number of hydrogen-bond donors (Lipinski definition) is 0. The predicted octanol–water partition coefficient (Wildman–Crippen LogP) is 3.60. The van der Waals surface area contributed by atoms with Gasteiger partial charge in [-0.1, -0.05) is 29.8 Å². The molecule has 1 aliphatic rings. The molecule has 1 aliphatic heterocycles. The normalized spacial score (nSPS) is 16.2. The zero-order chi connectivity index (χ0) is 15.7. The highest BCUT2D eigenvalue weighted by molar-refractivity contribution is 6.34. The van der Waals surface area contributed by atoms with Crippen molar-refractivity contribution in [2.24, 2.45) is 4.99 Å². The minimum Gasteiger partial charge on any atom is -0.461 e. The highest BCUT2D eigenvalue weighted by Gasteiger charge is 2.25. The molecule has 0 fully saturated rings. The van der Waals surface area contributed by atoms with Crippen LogP contribution in [0.15, 0.2) is 47.5 Å². The molecule has 0 aliphatic carbocycles. The summed E-state index contributed by atoms with van der Waals surface area (Å²) in [5, 5.41) is 10.9. The Kier molecular flexibility index (Phi) is 3.60. The number of hydrogen-bond acceptors (Lipinski definition) is 5. The van der Waals surface area contributed by atoms with Crippen LogP contribution in [-0.4, -0.2) is 17.1 Å². The largest absolute Gasteiger partial charge is 0.461 e. The summed E-state index contributed by atoms with van der Waals surface area (Å²) in [7, 11) is 0. The van der Waals surface area contributed by atoms with Gasteiger partial charge in [-0.3, -0.25) is 14.9 Å². The first-order chi connectivity index (χ1) is 10.6. The van der Waals surface area contributed by atoms with Crippen LogP contribution in [0.2, 0.25) is 5.02 Å². The fourth-order valence-electron chi connectivity index (χ4n) is 2.17. The number of non-ortho nitro benzene ring substituents is 1. The third kappa shape index (κ3) is 2.44. The summed E-state index contributed by atoms with van der Waals surface area (Å²) in [5.41, 5.74) is 1.54. The molecule has 0 aromatic heterocycles. The maximum atomic E-state index is 11.2. The van der Waals surface area contributed by atoms with Crippen molar-refractivity contribution in [2.45, 2.75) is 6.10 Å². The second kappa shape index (κ2) is 5.57. The van der Waals surface area contributed by atoms with Crippen LogP contribution >= 0.6 is 11.6 Å². The summed E-state index contributed by atoms with van der Waals surface area (Å²) in [6.07, 6.45) is -0.109. The molecule has 1 atom stereocenters. The molecule has 0 saturated carbocycles. The molecule has 0 bridgehead atoms. The fraction of sp³-hybridized carbons (Fsp3) is 0.0667. The zero-order valence-corrected chi connectivity index (χ0v) is 11.9. The Morgan fingerprint density at radius 2 is 2.05 bits per heavy atom. The molecular weight excluding hydrogens is 308 g/mol. The Bertz CT molecular complexity index is 804. The van der Waals surface area contributed by atoms with Crippen LogP contribution in [0.25, 0.3) is 0 Å². The van der Waals surface area contributed by atoms with Crippen molar-refractivity contribution in [3.8, 4) is 0 Å². The van der Waals surface area contributed by atoms with E-state index in [0.717, 1.165) is 0 Å². The topological polar surface area (TPSA) is 81.8 Å². The molecule has 6 nitrogen and oxygen atoms in total. The zero-order valence-electron chi connectivity index (χ0n) is 11.1. The van der Waals surface area contributed by atoms with Gasteiger partial charge < -0.3 is 4.74 Å². The lowest BCUT2D eigenvalue weighted by atomic mass is 10.1.